The van der Waals surface area contributed by atoms with Crippen LogP contribution in [-0.4, -0.2) is 77.7 Å². The number of rotatable bonds is 11. The van der Waals surface area contributed by atoms with E-state index in [-0.39, 0.29) is 30.7 Å². The third kappa shape index (κ3) is 8.18. The third-order valence-corrected chi connectivity index (χ3v) is 6.13. The molecule has 2 amide bonds. The Morgan fingerprint density at radius 2 is 1.79 bits per heavy atom. The fourth-order valence-electron chi connectivity index (χ4n) is 3.60. The number of urea groups is 1. The molecule has 0 saturated carbocycles. The van der Waals surface area contributed by atoms with Crippen molar-refractivity contribution in [1.29, 1.82) is 0 Å². The van der Waals surface area contributed by atoms with Crippen LogP contribution in [0.5, 0.6) is 5.88 Å². The number of piperazine rings is 1. The number of anilines is 1. The largest absolute Gasteiger partial charge is 0.472 e. The van der Waals surface area contributed by atoms with Crippen molar-refractivity contribution in [3.8, 4) is 5.88 Å². The highest BCUT2D eigenvalue weighted by Gasteiger charge is 2.16. The van der Waals surface area contributed by atoms with Crippen molar-refractivity contribution in [2.45, 2.75) is 26.4 Å². The van der Waals surface area contributed by atoms with E-state index < -0.39 is 11.6 Å². The number of aryl methyl sites for hydroxylation is 1. The van der Waals surface area contributed by atoms with Gasteiger partial charge in [-0.05, 0) is 55.5 Å². The molecule has 3 N–H and O–H groups in total. The Balaban J connectivity index is 1.30. The number of benzene rings is 1. The quantitative estimate of drug-likeness (QED) is 0.426. The molecule has 0 bridgehead atoms. The summed E-state index contributed by atoms with van der Waals surface area (Å²) in [5.41, 5.74) is 0.338. The predicted molar refractivity (Wildman–Crippen MR) is 124 cm³/mol. The van der Waals surface area contributed by atoms with Gasteiger partial charge < -0.3 is 20.1 Å². The lowest BCUT2D eigenvalue weighted by Gasteiger charge is -2.34. The van der Waals surface area contributed by atoms with Crippen LogP contribution in [0.25, 0.3) is 0 Å². The number of carbonyl (C=O) groups excluding carboxylic acids is 1. The lowest BCUT2D eigenvalue weighted by atomic mass is 10.1. The first-order valence-electron chi connectivity index (χ1n) is 11.1. The van der Waals surface area contributed by atoms with Gasteiger partial charge in [0.1, 0.15) is 23.2 Å². The molecule has 0 radical (unpaired) electrons. The number of halogens is 2. The van der Waals surface area contributed by atoms with Gasteiger partial charge in [-0.15, -0.1) is 0 Å². The van der Waals surface area contributed by atoms with Gasteiger partial charge >= 0.3 is 6.03 Å². The average Bonchev–Trinajstić information content (AvgIpc) is 3.21. The second kappa shape index (κ2) is 12.8. The SMILES string of the molecule is Cc1cc(F)c(COc2cc(NC(=O)NCCCCN3CCN(CCO)CC3)sn2)c(F)c1. The van der Waals surface area contributed by atoms with Gasteiger partial charge in [-0.3, -0.25) is 10.2 Å². The van der Waals surface area contributed by atoms with E-state index in [1.54, 1.807) is 6.92 Å². The number of nitrogens with zero attached hydrogens (tertiary/aromatic N) is 3. The maximum absolute atomic E-state index is 13.9. The van der Waals surface area contributed by atoms with Crippen molar-refractivity contribution >= 4 is 22.6 Å². The van der Waals surface area contributed by atoms with Crippen LogP contribution < -0.4 is 15.4 Å². The molecule has 0 unspecified atom stereocenters. The molecular weight excluding hydrogens is 452 g/mol. The molecule has 0 spiro atoms. The van der Waals surface area contributed by atoms with Crippen LogP contribution in [0.1, 0.15) is 24.0 Å². The Bertz CT molecular complexity index is 883. The average molecular weight is 484 g/mol. The van der Waals surface area contributed by atoms with Gasteiger partial charge in [0.2, 0.25) is 5.88 Å². The molecule has 2 aromatic rings. The van der Waals surface area contributed by atoms with Crippen LogP contribution in [0.3, 0.4) is 0 Å². The minimum atomic E-state index is -0.663. The van der Waals surface area contributed by atoms with Crippen LogP contribution in [0, 0.1) is 18.6 Å². The van der Waals surface area contributed by atoms with Gasteiger partial charge in [0.15, 0.2) is 0 Å². The molecule has 3 rings (SSSR count). The number of ether oxygens (including phenoxy) is 1. The molecule has 0 atom stereocenters. The summed E-state index contributed by atoms with van der Waals surface area (Å²) >= 11 is 1.03. The lowest BCUT2D eigenvalue weighted by Crippen LogP contribution is -2.47. The zero-order chi connectivity index (χ0) is 23.6. The highest BCUT2D eigenvalue weighted by atomic mass is 32.1. The molecule has 1 fully saturated rings. The third-order valence-electron chi connectivity index (χ3n) is 5.44. The Morgan fingerprint density at radius 1 is 1.12 bits per heavy atom. The van der Waals surface area contributed by atoms with Crippen LogP contribution in [0.2, 0.25) is 0 Å². The van der Waals surface area contributed by atoms with E-state index in [2.05, 4.69) is 24.8 Å². The number of carbonyl (C=O) groups is 1. The van der Waals surface area contributed by atoms with Crippen LogP contribution in [-0.2, 0) is 6.61 Å². The Labute approximate surface area is 196 Å². The summed E-state index contributed by atoms with van der Waals surface area (Å²) in [6, 6.07) is 3.68. The number of aliphatic hydroxyl groups is 1. The lowest BCUT2D eigenvalue weighted by molar-refractivity contribution is 0.111. The topological polar surface area (TPSA) is 90.0 Å². The van der Waals surface area contributed by atoms with Gasteiger partial charge in [-0.1, -0.05) is 0 Å². The molecule has 33 heavy (non-hydrogen) atoms. The first kappa shape index (κ1) is 25.3. The number of nitrogens with one attached hydrogen (secondary N) is 2. The van der Waals surface area contributed by atoms with Crippen molar-refractivity contribution < 1.29 is 23.4 Å². The summed E-state index contributed by atoms with van der Waals surface area (Å²) in [5.74, 6) is -1.14. The summed E-state index contributed by atoms with van der Waals surface area (Å²) in [6.45, 7) is 7.80. The fourth-order valence-corrected chi connectivity index (χ4v) is 4.18. The van der Waals surface area contributed by atoms with E-state index in [0.717, 1.165) is 63.6 Å². The van der Waals surface area contributed by atoms with Gasteiger partial charge in [0.25, 0.3) is 0 Å². The summed E-state index contributed by atoms with van der Waals surface area (Å²) in [7, 11) is 0. The van der Waals surface area contributed by atoms with Crippen LogP contribution in [0.15, 0.2) is 18.2 Å². The molecule has 182 valence electrons. The molecular formula is C22H31F2N5O3S. The maximum atomic E-state index is 13.9. The molecule has 11 heteroatoms. The van der Waals surface area contributed by atoms with Gasteiger partial charge in [-0.25, -0.2) is 13.6 Å². The first-order valence-corrected chi connectivity index (χ1v) is 11.9. The number of hydrogen-bond donors (Lipinski definition) is 3. The molecule has 1 aliphatic heterocycles. The van der Waals surface area contributed by atoms with Crippen molar-refractivity contribution in [3.05, 3.63) is 41.0 Å². The highest BCUT2D eigenvalue weighted by molar-refractivity contribution is 7.10. The minimum Gasteiger partial charge on any atom is -0.472 e. The normalized spacial score (nSPS) is 14.9. The van der Waals surface area contributed by atoms with Crippen molar-refractivity contribution in [2.24, 2.45) is 0 Å². The highest BCUT2D eigenvalue weighted by Crippen LogP contribution is 2.24. The summed E-state index contributed by atoms with van der Waals surface area (Å²) in [5, 5.41) is 15.0. The monoisotopic (exact) mass is 483 g/mol. The minimum absolute atomic E-state index is 0.159. The summed E-state index contributed by atoms with van der Waals surface area (Å²) < 4.78 is 37.2. The first-order chi connectivity index (χ1) is 15.9. The Hall–Kier alpha value is -2.34. The molecule has 8 nitrogen and oxygen atoms in total. The Kier molecular flexibility index (Phi) is 9.79. The molecule has 1 aliphatic rings. The van der Waals surface area contributed by atoms with Gasteiger partial charge in [0, 0.05) is 45.3 Å². The zero-order valence-corrected chi connectivity index (χ0v) is 19.6. The van der Waals surface area contributed by atoms with Crippen molar-refractivity contribution in [2.75, 3.05) is 57.7 Å². The van der Waals surface area contributed by atoms with E-state index in [1.165, 1.54) is 18.2 Å². The Morgan fingerprint density at radius 3 is 2.45 bits per heavy atom. The van der Waals surface area contributed by atoms with Gasteiger partial charge in [-0.2, -0.15) is 4.37 Å². The standard InChI is InChI=1S/C22H31F2N5O3S/c1-16-12-18(23)17(19(24)13-16)15-32-20-14-21(33-27-20)26-22(31)25-4-2-3-5-28-6-8-29(9-7-28)10-11-30/h12-14,30H,2-11,15H2,1H3,(H2,25,26,31). The number of aliphatic hydroxyl groups excluding tert-OH is 1. The molecule has 2 heterocycles. The van der Waals surface area contributed by atoms with E-state index >= 15 is 0 Å². The van der Waals surface area contributed by atoms with Crippen molar-refractivity contribution in [3.63, 3.8) is 0 Å². The number of hydrogen-bond acceptors (Lipinski definition) is 7. The van der Waals surface area contributed by atoms with E-state index in [9.17, 15) is 13.6 Å². The molecule has 1 aromatic heterocycles. The predicted octanol–water partition coefficient (Wildman–Crippen LogP) is 2.82. The van der Waals surface area contributed by atoms with E-state index in [0.29, 0.717) is 17.1 Å². The second-order valence-electron chi connectivity index (χ2n) is 8.02. The molecule has 0 aliphatic carbocycles. The van der Waals surface area contributed by atoms with Gasteiger partial charge in [0.05, 0.1) is 12.2 Å². The second-order valence-corrected chi connectivity index (χ2v) is 8.83. The molecule has 1 saturated heterocycles. The number of aromatic nitrogens is 1. The van der Waals surface area contributed by atoms with E-state index in [1.807, 2.05) is 0 Å². The fraction of sp³-hybridized carbons (Fsp3) is 0.545. The number of amides is 2. The maximum Gasteiger partial charge on any atom is 0.319 e. The number of β-amino-alcohol motifs (C(OH)–C–C–N with tert-alkyl or cyclic N) is 1. The number of unbranched alkanes of at least 4 members (excludes halogenated alkanes) is 1. The summed E-state index contributed by atoms with van der Waals surface area (Å²) in [6.07, 6.45) is 1.86. The zero-order valence-electron chi connectivity index (χ0n) is 18.8. The smallest absolute Gasteiger partial charge is 0.319 e. The summed E-state index contributed by atoms with van der Waals surface area (Å²) in [4.78, 5) is 16.7. The van der Waals surface area contributed by atoms with E-state index in [4.69, 9.17) is 9.84 Å². The van der Waals surface area contributed by atoms with Crippen LogP contribution >= 0.6 is 11.5 Å². The van der Waals surface area contributed by atoms with Crippen LogP contribution in [0.4, 0.5) is 18.6 Å². The molecule has 1 aromatic carbocycles. The van der Waals surface area contributed by atoms with Crippen molar-refractivity contribution in [1.82, 2.24) is 19.5 Å².